The summed E-state index contributed by atoms with van der Waals surface area (Å²) in [4.78, 5) is 0. The molecule has 0 heterocycles. The first-order chi connectivity index (χ1) is 7.33. The lowest BCUT2D eigenvalue weighted by Gasteiger charge is -2.16. The van der Waals surface area contributed by atoms with Gasteiger partial charge in [-0.15, -0.1) is 0 Å². The molecule has 0 saturated carbocycles. The van der Waals surface area contributed by atoms with Crippen LogP contribution >= 0.6 is 11.6 Å². The van der Waals surface area contributed by atoms with Gasteiger partial charge in [-0.25, -0.2) is 0 Å². The predicted molar refractivity (Wildman–Crippen MR) is 62.5 cm³/mol. The van der Waals surface area contributed by atoms with Crippen LogP contribution < -0.4 is 0 Å². The van der Waals surface area contributed by atoms with E-state index in [2.05, 4.69) is 6.07 Å². The Hall–Kier alpha value is -1.26. The fourth-order valence-corrected chi connectivity index (χ4v) is 2.28. The molecule has 1 aliphatic carbocycles. The van der Waals surface area contributed by atoms with Gasteiger partial charge in [0.05, 0.1) is 6.07 Å². The maximum atomic E-state index is 9.06. The van der Waals surface area contributed by atoms with Crippen molar-refractivity contribution < 1.29 is 0 Å². The predicted octanol–water partition coefficient (Wildman–Crippen LogP) is 4.19. The molecular formula is C13H12ClN. The molecule has 0 unspecified atom stereocenters. The van der Waals surface area contributed by atoms with E-state index in [0.717, 1.165) is 47.4 Å². The number of nitrogens with zero attached hydrogens (tertiary/aromatic N) is 1. The number of allylic oxidation sites excluding steroid dienone is 2. The first-order valence-electron chi connectivity index (χ1n) is 5.20. The van der Waals surface area contributed by atoms with E-state index in [4.69, 9.17) is 16.9 Å². The third-order valence-corrected chi connectivity index (χ3v) is 3.13. The second-order valence-electron chi connectivity index (χ2n) is 3.76. The summed E-state index contributed by atoms with van der Waals surface area (Å²) in [5.74, 6) is 0. The summed E-state index contributed by atoms with van der Waals surface area (Å²) in [6, 6.07) is 10.1. The van der Waals surface area contributed by atoms with E-state index < -0.39 is 0 Å². The lowest BCUT2D eigenvalue weighted by molar-refractivity contribution is 0.726. The highest BCUT2D eigenvalue weighted by Crippen LogP contribution is 2.35. The van der Waals surface area contributed by atoms with Crippen LogP contribution in [0.3, 0.4) is 0 Å². The lowest BCUT2D eigenvalue weighted by Crippen LogP contribution is -1.98. The maximum absolute atomic E-state index is 9.06. The maximum Gasteiger partial charge on any atom is 0.0950 e. The van der Waals surface area contributed by atoms with Crippen molar-refractivity contribution in [2.75, 3.05) is 0 Å². The van der Waals surface area contributed by atoms with E-state index >= 15 is 0 Å². The standard InChI is InChI=1S/C13H12ClN/c14-13-8-4-3-7-12(13)11-6-2-1-5-10(11)9-15/h3-4,7-8H,1-2,5-6H2. The average molecular weight is 218 g/mol. The number of hydrogen-bond acceptors (Lipinski definition) is 1. The lowest BCUT2D eigenvalue weighted by atomic mass is 9.88. The largest absolute Gasteiger partial charge is 0.193 e. The third-order valence-electron chi connectivity index (χ3n) is 2.80. The number of hydrogen-bond donors (Lipinski definition) is 0. The van der Waals surface area contributed by atoms with Crippen LogP contribution in [0.2, 0.25) is 5.02 Å². The van der Waals surface area contributed by atoms with Crippen molar-refractivity contribution in [1.82, 2.24) is 0 Å². The summed E-state index contributed by atoms with van der Waals surface area (Å²) in [5.41, 5.74) is 3.10. The molecule has 0 saturated heterocycles. The number of nitriles is 1. The molecule has 1 nitrogen and oxygen atoms in total. The van der Waals surface area contributed by atoms with Crippen LogP contribution in [0.25, 0.3) is 5.57 Å². The van der Waals surface area contributed by atoms with Gasteiger partial charge >= 0.3 is 0 Å². The van der Waals surface area contributed by atoms with E-state index in [1.807, 2.05) is 24.3 Å². The molecule has 0 amide bonds. The molecule has 2 heteroatoms. The Labute approximate surface area is 95.0 Å². The highest BCUT2D eigenvalue weighted by molar-refractivity contribution is 6.32. The van der Waals surface area contributed by atoms with Gasteiger partial charge in [-0.05, 0) is 42.9 Å². The Morgan fingerprint density at radius 3 is 2.60 bits per heavy atom. The summed E-state index contributed by atoms with van der Waals surface area (Å²) in [5, 5.41) is 9.81. The molecule has 0 bridgehead atoms. The monoisotopic (exact) mass is 217 g/mol. The van der Waals surface area contributed by atoms with Crippen molar-refractivity contribution in [1.29, 1.82) is 5.26 Å². The fraction of sp³-hybridized carbons (Fsp3) is 0.308. The zero-order valence-corrected chi connectivity index (χ0v) is 9.22. The SMILES string of the molecule is N#CC1=C(c2ccccc2Cl)CCCC1. The van der Waals surface area contributed by atoms with E-state index in [0.29, 0.717) is 0 Å². The molecule has 0 spiro atoms. The number of halogens is 1. The fourth-order valence-electron chi connectivity index (χ4n) is 2.03. The van der Waals surface area contributed by atoms with Crippen molar-refractivity contribution in [3.8, 4) is 6.07 Å². The molecule has 1 aromatic rings. The average Bonchev–Trinajstić information content (AvgIpc) is 2.30. The minimum atomic E-state index is 0.752. The van der Waals surface area contributed by atoms with Crippen LogP contribution in [0.4, 0.5) is 0 Å². The summed E-state index contributed by atoms with van der Waals surface area (Å²) in [7, 11) is 0. The van der Waals surface area contributed by atoms with Crippen LogP contribution in [0.5, 0.6) is 0 Å². The second kappa shape index (κ2) is 4.51. The molecule has 2 rings (SSSR count). The van der Waals surface area contributed by atoms with E-state index in [9.17, 15) is 0 Å². The Balaban J connectivity index is 2.50. The van der Waals surface area contributed by atoms with Crippen LogP contribution in [0.15, 0.2) is 29.8 Å². The Bertz CT molecular complexity index is 440. The Kier molecular flexibility index (Phi) is 3.08. The molecule has 0 radical (unpaired) electrons. The molecule has 0 atom stereocenters. The number of benzene rings is 1. The van der Waals surface area contributed by atoms with Crippen LogP contribution in [-0.2, 0) is 0 Å². The van der Waals surface area contributed by atoms with E-state index in [1.165, 1.54) is 0 Å². The number of rotatable bonds is 1. The summed E-state index contributed by atoms with van der Waals surface area (Å²) < 4.78 is 0. The molecule has 0 aliphatic heterocycles. The molecule has 15 heavy (non-hydrogen) atoms. The van der Waals surface area contributed by atoms with Crippen LogP contribution in [0, 0.1) is 11.3 Å². The second-order valence-corrected chi connectivity index (χ2v) is 4.16. The van der Waals surface area contributed by atoms with Crippen molar-refractivity contribution in [3.63, 3.8) is 0 Å². The molecule has 76 valence electrons. The van der Waals surface area contributed by atoms with Gasteiger partial charge in [-0.2, -0.15) is 5.26 Å². The van der Waals surface area contributed by atoms with Crippen molar-refractivity contribution in [2.24, 2.45) is 0 Å². The molecule has 0 N–H and O–H groups in total. The Morgan fingerprint density at radius 2 is 1.87 bits per heavy atom. The topological polar surface area (TPSA) is 23.8 Å². The third kappa shape index (κ3) is 2.06. The summed E-state index contributed by atoms with van der Waals surface area (Å²) in [6.45, 7) is 0. The normalized spacial score (nSPS) is 16.3. The van der Waals surface area contributed by atoms with E-state index in [-0.39, 0.29) is 0 Å². The zero-order chi connectivity index (χ0) is 10.7. The molecule has 0 aromatic heterocycles. The van der Waals surface area contributed by atoms with Crippen molar-refractivity contribution in [2.45, 2.75) is 25.7 Å². The van der Waals surface area contributed by atoms with Gasteiger partial charge in [-0.1, -0.05) is 29.8 Å². The van der Waals surface area contributed by atoms with Gasteiger partial charge in [0.2, 0.25) is 0 Å². The van der Waals surface area contributed by atoms with Gasteiger partial charge in [0, 0.05) is 10.6 Å². The van der Waals surface area contributed by atoms with Crippen LogP contribution in [0.1, 0.15) is 31.2 Å². The quantitative estimate of drug-likeness (QED) is 0.692. The van der Waals surface area contributed by atoms with Gasteiger partial charge in [0.25, 0.3) is 0 Å². The van der Waals surface area contributed by atoms with E-state index in [1.54, 1.807) is 0 Å². The molecule has 1 aromatic carbocycles. The summed E-state index contributed by atoms with van der Waals surface area (Å²) >= 11 is 6.14. The smallest absolute Gasteiger partial charge is 0.0950 e. The Morgan fingerprint density at radius 1 is 1.13 bits per heavy atom. The first kappa shape index (κ1) is 10.3. The van der Waals surface area contributed by atoms with Gasteiger partial charge < -0.3 is 0 Å². The van der Waals surface area contributed by atoms with Gasteiger partial charge in [0.1, 0.15) is 0 Å². The highest BCUT2D eigenvalue weighted by atomic mass is 35.5. The zero-order valence-electron chi connectivity index (χ0n) is 8.46. The highest BCUT2D eigenvalue weighted by Gasteiger charge is 2.15. The minimum Gasteiger partial charge on any atom is -0.193 e. The molecule has 0 fully saturated rings. The minimum absolute atomic E-state index is 0.752. The van der Waals surface area contributed by atoms with Crippen molar-refractivity contribution >= 4 is 17.2 Å². The molecular weight excluding hydrogens is 206 g/mol. The van der Waals surface area contributed by atoms with Crippen molar-refractivity contribution in [3.05, 3.63) is 40.4 Å². The first-order valence-corrected chi connectivity index (χ1v) is 5.58. The molecule has 1 aliphatic rings. The van der Waals surface area contributed by atoms with Gasteiger partial charge in [0.15, 0.2) is 0 Å². The van der Waals surface area contributed by atoms with Crippen LogP contribution in [-0.4, -0.2) is 0 Å². The summed E-state index contributed by atoms with van der Waals surface area (Å²) in [6.07, 6.45) is 4.16. The van der Waals surface area contributed by atoms with Gasteiger partial charge in [-0.3, -0.25) is 0 Å².